The summed E-state index contributed by atoms with van der Waals surface area (Å²) in [5, 5.41) is 3.31. The van der Waals surface area contributed by atoms with Crippen molar-refractivity contribution >= 4 is 6.08 Å². The average molecular weight is 191 g/mol. The van der Waals surface area contributed by atoms with Gasteiger partial charge in [0.15, 0.2) is 0 Å². The zero-order valence-electron chi connectivity index (χ0n) is 8.09. The minimum Gasteiger partial charge on any atom is -0.313 e. The third-order valence-corrected chi connectivity index (χ3v) is 2.42. The van der Waals surface area contributed by atoms with E-state index in [9.17, 15) is 4.39 Å². The first-order valence-electron chi connectivity index (χ1n) is 5.00. The van der Waals surface area contributed by atoms with E-state index in [4.69, 9.17) is 0 Å². The van der Waals surface area contributed by atoms with E-state index in [1.54, 1.807) is 12.1 Å². The molecule has 1 aromatic rings. The van der Waals surface area contributed by atoms with Gasteiger partial charge in [0.05, 0.1) is 0 Å². The summed E-state index contributed by atoms with van der Waals surface area (Å²) in [7, 11) is 0. The molecule has 0 bridgehead atoms. The fraction of sp³-hybridized carbons (Fsp3) is 0.333. The Morgan fingerprint density at radius 1 is 1.36 bits per heavy atom. The summed E-state index contributed by atoms with van der Waals surface area (Å²) in [4.78, 5) is 0. The van der Waals surface area contributed by atoms with Gasteiger partial charge in [-0.15, -0.1) is 0 Å². The third-order valence-electron chi connectivity index (χ3n) is 2.42. The summed E-state index contributed by atoms with van der Waals surface area (Å²) < 4.78 is 12.9. The first-order chi connectivity index (χ1) is 6.84. The van der Waals surface area contributed by atoms with Gasteiger partial charge in [0.25, 0.3) is 0 Å². The molecule has 1 heterocycles. The van der Waals surface area contributed by atoms with Crippen molar-refractivity contribution in [3.63, 3.8) is 0 Å². The van der Waals surface area contributed by atoms with Gasteiger partial charge in [0, 0.05) is 6.54 Å². The van der Waals surface area contributed by atoms with E-state index in [-0.39, 0.29) is 5.82 Å². The summed E-state index contributed by atoms with van der Waals surface area (Å²) in [5.74, 6) is -0.164. The minimum absolute atomic E-state index is 0.164. The van der Waals surface area contributed by atoms with Crippen LogP contribution in [0.1, 0.15) is 18.4 Å². The molecule has 0 unspecified atom stereocenters. The maximum absolute atomic E-state index is 12.9. The minimum atomic E-state index is -0.164. The van der Waals surface area contributed by atoms with Gasteiger partial charge in [0.1, 0.15) is 5.82 Å². The first-order valence-corrected chi connectivity index (χ1v) is 5.00. The fourth-order valence-electron chi connectivity index (χ4n) is 1.73. The lowest BCUT2D eigenvalue weighted by Gasteiger charge is -2.15. The molecule has 74 valence electrons. The van der Waals surface area contributed by atoms with E-state index in [2.05, 4.69) is 11.4 Å². The first kappa shape index (κ1) is 9.41. The number of benzene rings is 1. The van der Waals surface area contributed by atoms with Crippen LogP contribution in [0, 0.1) is 5.82 Å². The lowest BCUT2D eigenvalue weighted by atomic mass is 10.0. The summed E-state index contributed by atoms with van der Waals surface area (Å²) in [5.41, 5.74) is 2.32. The van der Waals surface area contributed by atoms with Crippen LogP contribution in [-0.4, -0.2) is 13.1 Å². The van der Waals surface area contributed by atoms with Gasteiger partial charge in [0.2, 0.25) is 0 Å². The second-order valence-electron chi connectivity index (χ2n) is 3.64. The van der Waals surface area contributed by atoms with Crippen molar-refractivity contribution in [3.8, 4) is 0 Å². The average Bonchev–Trinajstić information content (AvgIpc) is 2.19. The zero-order chi connectivity index (χ0) is 9.80. The normalized spacial score (nSPS) is 19.9. The van der Waals surface area contributed by atoms with Gasteiger partial charge in [-0.05, 0) is 37.1 Å². The van der Waals surface area contributed by atoms with Gasteiger partial charge < -0.3 is 5.32 Å². The van der Waals surface area contributed by atoms with Crippen LogP contribution in [0.25, 0.3) is 6.08 Å². The highest BCUT2D eigenvalue weighted by atomic mass is 19.1. The molecule has 0 aliphatic carbocycles. The maximum atomic E-state index is 12.9. The highest BCUT2D eigenvalue weighted by Crippen LogP contribution is 2.14. The number of hydrogen-bond donors (Lipinski definition) is 1. The van der Waals surface area contributed by atoms with Crippen molar-refractivity contribution in [1.82, 2.24) is 5.32 Å². The smallest absolute Gasteiger partial charge is 0.123 e. The molecule has 1 fully saturated rings. The molecule has 2 rings (SSSR count). The van der Waals surface area contributed by atoms with Crippen LogP contribution in [-0.2, 0) is 0 Å². The van der Waals surface area contributed by atoms with E-state index < -0.39 is 0 Å². The molecule has 0 atom stereocenters. The lowest BCUT2D eigenvalue weighted by Crippen LogP contribution is -2.23. The van der Waals surface area contributed by atoms with E-state index in [1.807, 2.05) is 6.07 Å². The molecule has 0 spiro atoms. The number of piperidine rings is 1. The van der Waals surface area contributed by atoms with E-state index in [1.165, 1.54) is 18.1 Å². The Labute approximate surface area is 83.6 Å². The fourth-order valence-corrected chi connectivity index (χ4v) is 1.73. The summed E-state index contributed by atoms with van der Waals surface area (Å²) in [6.07, 6.45) is 4.39. The number of hydrogen-bond acceptors (Lipinski definition) is 1. The number of rotatable bonds is 1. The summed E-state index contributed by atoms with van der Waals surface area (Å²) in [6.45, 7) is 2.04. The quantitative estimate of drug-likeness (QED) is 0.719. The van der Waals surface area contributed by atoms with Crippen molar-refractivity contribution < 1.29 is 4.39 Å². The van der Waals surface area contributed by atoms with Crippen molar-refractivity contribution in [1.29, 1.82) is 0 Å². The van der Waals surface area contributed by atoms with Gasteiger partial charge >= 0.3 is 0 Å². The Kier molecular flexibility index (Phi) is 2.94. The van der Waals surface area contributed by atoms with Crippen molar-refractivity contribution in [2.24, 2.45) is 0 Å². The Morgan fingerprint density at radius 3 is 3.00 bits per heavy atom. The monoisotopic (exact) mass is 191 g/mol. The lowest BCUT2D eigenvalue weighted by molar-refractivity contribution is 0.612. The predicted molar refractivity (Wildman–Crippen MR) is 56.5 cm³/mol. The SMILES string of the molecule is Fc1cccc(/C=C2\CCCNC2)c1. The van der Waals surface area contributed by atoms with E-state index >= 15 is 0 Å². The van der Waals surface area contributed by atoms with Crippen LogP contribution in [0.5, 0.6) is 0 Å². The Bertz CT molecular complexity index is 336. The van der Waals surface area contributed by atoms with E-state index in [0.29, 0.717) is 0 Å². The topological polar surface area (TPSA) is 12.0 Å². The van der Waals surface area contributed by atoms with Crippen LogP contribution in [0.4, 0.5) is 4.39 Å². The number of nitrogens with one attached hydrogen (secondary N) is 1. The standard InChI is InChI=1S/C12H14FN/c13-12-5-1-3-10(8-12)7-11-4-2-6-14-9-11/h1,3,5,7-8,14H,2,4,6,9H2/b11-7+. The number of halogens is 1. The van der Waals surface area contributed by atoms with Crippen LogP contribution in [0.3, 0.4) is 0 Å². The molecule has 0 radical (unpaired) electrons. The molecule has 2 heteroatoms. The third kappa shape index (κ3) is 2.42. The molecule has 1 aromatic carbocycles. The Hall–Kier alpha value is -1.15. The Morgan fingerprint density at radius 2 is 2.29 bits per heavy atom. The molecule has 1 N–H and O–H groups in total. The van der Waals surface area contributed by atoms with Crippen LogP contribution in [0.2, 0.25) is 0 Å². The predicted octanol–water partition coefficient (Wildman–Crippen LogP) is 2.59. The van der Waals surface area contributed by atoms with Gasteiger partial charge in [-0.1, -0.05) is 23.8 Å². The molecule has 1 nitrogen and oxygen atoms in total. The summed E-state index contributed by atoms with van der Waals surface area (Å²) in [6, 6.07) is 6.73. The molecule has 0 amide bonds. The second kappa shape index (κ2) is 4.38. The molecule has 0 saturated carbocycles. The van der Waals surface area contributed by atoms with Crippen molar-refractivity contribution in [2.75, 3.05) is 13.1 Å². The molecular weight excluding hydrogens is 177 g/mol. The molecule has 0 aromatic heterocycles. The molecule has 1 aliphatic heterocycles. The zero-order valence-corrected chi connectivity index (χ0v) is 8.09. The van der Waals surface area contributed by atoms with Gasteiger partial charge in [-0.25, -0.2) is 4.39 Å². The highest BCUT2D eigenvalue weighted by Gasteiger charge is 2.03. The maximum Gasteiger partial charge on any atom is 0.123 e. The van der Waals surface area contributed by atoms with Crippen LogP contribution in [0.15, 0.2) is 29.8 Å². The molecule has 1 aliphatic rings. The summed E-state index contributed by atoms with van der Waals surface area (Å²) >= 11 is 0. The van der Waals surface area contributed by atoms with Gasteiger partial charge in [-0.3, -0.25) is 0 Å². The van der Waals surface area contributed by atoms with Gasteiger partial charge in [-0.2, -0.15) is 0 Å². The second-order valence-corrected chi connectivity index (χ2v) is 3.64. The molecular formula is C12H14FN. The molecule has 14 heavy (non-hydrogen) atoms. The molecule has 1 saturated heterocycles. The van der Waals surface area contributed by atoms with Crippen molar-refractivity contribution in [3.05, 3.63) is 41.2 Å². The largest absolute Gasteiger partial charge is 0.313 e. The van der Waals surface area contributed by atoms with Crippen molar-refractivity contribution in [2.45, 2.75) is 12.8 Å². The Balaban J connectivity index is 2.15. The van der Waals surface area contributed by atoms with Crippen LogP contribution < -0.4 is 5.32 Å². The highest BCUT2D eigenvalue weighted by molar-refractivity contribution is 5.53. The van der Waals surface area contributed by atoms with Crippen LogP contribution >= 0.6 is 0 Å². The van der Waals surface area contributed by atoms with E-state index in [0.717, 1.165) is 25.1 Å².